The Morgan fingerprint density at radius 2 is 1.90 bits per heavy atom. The molecular formula is C16H31N3O2. The van der Waals surface area contributed by atoms with Crippen LogP contribution in [0.15, 0.2) is 4.99 Å². The Balaban J connectivity index is 1.86. The van der Waals surface area contributed by atoms with E-state index in [0.717, 1.165) is 64.2 Å². The van der Waals surface area contributed by atoms with Crippen LogP contribution in [0, 0.1) is 0 Å². The van der Waals surface area contributed by atoms with Crippen molar-refractivity contribution in [1.29, 1.82) is 0 Å². The van der Waals surface area contributed by atoms with E-state index < -0.39 is 5.60 Å². The van der Waals surface area contributed by atoms with Gasteiger partial charge in [-0.15, -0.1) is 0 Å². The van der Waals surface area contributed by atoms with Gasteiger partial charge in [0.05, 0.1) is 17.7 Å². The minimum Gasteiger partial charge on any atom is -0.388 e. The minimum atomic E-state index is -0.603. The van der Waals surface area contributed by atoms with E-state index >= 15 is 0 Å². The molecule has 5 heteroatoms. The molecule has 0 aromatic heterocycles. The van der Waals surface area contributed by atoms with E-state index in [0.29, 0.717) is 6.54 Å². The van der Waals surface area contributed by atoms with Crippen LogP contribution in [0.1, 0.15) is 58.8 Å². The van der Waals surface area contributed by atoms with E-state index in [9.17, 15) is 5.11 Å². The van der Waals surface area contributed by atoms with Gasteiger partial charge in [-0.05, 0) is 39.5 Å². The van der Waals surface area contributed by atoms with Gasteiger partial charge in [0, 0.05) is 19.7 Å². The first-order valence-corrected chi connectivity index (χ1v) is 8.44. The molecule has 1 aliphatic heterocycles. The molecule has 1 heterocycles. The number of guanidine groups is 1. The second-order valence-electron chi connectivity index (χ2n) is 6.74. The normalized spacial score (nSPS) is 29.4. The Morgan fingerprint density at radius 1 is 1.14 bits per heavy atom. The van der Waals surface area contributed by atoms with E-state index in [1.807, 2.05) is 0 Å². The highest BCUT2D eigenvalue weighted by Crippen LogP contribution is 2.28. The summed E-state index contributed by atoms with van der Waals surface area (Å²) in [6.45, 7) is 7.12. The zero-order valence-electron chi connectivity index (χ0n) is 13.6. The Hall–Kier alpha value is -0.810. The van der Waals surface area contributed by atoms with Crippen molar-refractivity contribution < 1.29 is 9.84 Å². The van der Waals surface area contributed by atoms with Crippen LogP contribution in [0.5, 0.6) is 0 Å². The molecule has 0 aromatic carbocycles. The third-order valence-corrected chi connectivity index (χ3v) is 4.59. The quantitative estimate of drug-likeness (QED) is 0.535. The number of ether oxygens (including phenoxy) is 1. The molecule has 122 valence electrons. The summed E-state index contributed by atoms with van der Waals surface area (Å²) in [5.41, 5.74) is -0.688. The van der Waals surface area contributed by atoms with Crippen LogP contribution in [-0.2, 0) is 4.74 Å². The molecule has 0 aromatic rings. The van der Waals surface area contributed by atoms with Crippen molar-refractivity contribution in [3.05, 3.63) is 0 Å². The summed E-state index contributed by atoms with van der Waals surface area (Å²) in [7, 11) is 0. The third-order valence-electron chi connectivity index (χ3n) is 4.59. The highest BCUT2D eigenvalue weighted by atomic mass is 16.5. The molecule has 0 spiro atoms. The van der Waals surface area contributed by atoms with Gasteiger partial charge in [-0.3, -0.25) is 4.99 Å². The monoisotopic (exact) mass is 297 g/mol. The standard InChI is InChI=1S/C16H31N3O2/c1-3-17-14(18-12-15(2)8-7-11-21-15)19-13-16(20)9-5-4-6-10-16/h20H,3-13H2,1-2H3,(H2,17,18,19). The maximum Gasteiger partial charge on any atom is 0.191 e. The molecular weight excluding hydrogens is 266 g/mol. The summed E-state index contributed by atoms with van der Waals surface area (Å²) >= 11 is 0. The van der Waals surface area contributed by atoms with Crippen LogP contribution in [0.4, 0.5) is 0 Å². The van der Waals surface area contributed by atoms with Crippen LogP contribution in [0.3, 0.4) is 0 Å². The first-order chi connectivity index (χ1) is 10.1. The third kappa shape index (κ3) is 5.15. The minimum absolute atomic E-state index is 0.0854. The van der Waals surface area contributed by atoms with Gasteiger partial charge in [-0.2, -0.15) is 0 Å². The molecule has 2 aliphatic rings. The Kier molecular flexibility index (Phi) is 5.88. The van der Waals surface area contributed by atoms with Gasteiger partial charge in [-0.1, -0.05) is 19.3 Å². The van der Waals surface area contributed by atoms with Crippen LogP contribution in [0.2, 0.25) is 0 Å². The summed E-state index contributed by atoms with van der Waals surface area (Å²) in [4.78, 5) is 4.59. The number of hydrogen-bond acceptors (Lipinski definition) is 3. The average Bonchev–Trinajstić information content (AvgIpc) is 2.90. The first-order valence-electron chi connectivity index (χ1n) is 8.44. The van der Waals surface area contributed by atoms with E-state index in [1.54, 1.807) is 0 Å². The number of aliphatic hydroxyl groups is 1. The molecule has 1 unspecified atom stereocenters. The maximum atomic E-state index is 10.5. The van der Waals surface area contributed by atoms with E-state index in [1.165, 1.54) is 6.42 Å². The van der Waals surface area contributed by atoms with Gasteiger partial charge in [-0.25, -0.2) is 0 Å². The van der Waals surface area contributed by atoms with Gasteiger partial charge in [0.1, 0.15) is 0 Å². The van der Waals surface area contributed by atoms with Crippen LogP contribution < -0.4 is 10.6 Å². The zero-order chi connectivity index (χ0) is 15.2. The molecule has 21 heavy (non-hydrogen) atoms. The van der Waals surface area contributed by atoms with Crippen molar-refractivity contribution in [3.63, 3.8) is 0 Å². The summed E-state index contributed by atoms with van der Waals surface area (Å²) in [5, 5.41) is 17.1. The van der Waals surface area contributed by atoms with Crippen LogP contribution >= 0.6 is 0 Å². The predicted molar refractivity (Wildman–Crippen MR) is 85.6 cm³/mol. The molecule has 1 saturated carbocycles. The fraction of sp³-hybridized carbons (Fsp3) is 0.938. The van der Waals surface area contributed by atoms with E-state index in [-0.39, 0.29) is 5.60 Å². The molecule has 1 saturated heterocycles. The van der Waals surface area contributed by atoms with E-state index in [2.05, 4.69) is 29.5 Å². The number of nitrogens with zero attached hydrogens (tertiary/aromatic N) is 1. The van der Waals surface area contributed by atoms with Crippen molar-refractivity contribution in [1.82, 2.24) is 10.6 Å². The lowest BCUT2D eigenvalue weighted by atomic mass is 9.85. The predicted octanol–water partition coefficient (Wildman–Crippen LogP) is 1.81. The lowest BCUT2D eigenvalue weighted by Crippen LogP contribution is -2.46. The molecule has 0 bridgehead atoms. The lowest BCUT2D eigenvalue weighted by Gasteiger charge is -2.31. The van der Waals surface area contributed by atoms with Gasteiger partial charge in [0.2, 0.25) is 0 Å². The van der Waals surface area contributed by atoms with E-state index in [4.69, 9.17) is 4.74 Å². The first kappa shape index (κ1) is 16.6. The SMILES string of the molecule is CCNC(=NCC1(O)CCCCC1)NCC1(C)CCCO1. The number of hydrogen-bond donors (Lipinski definition) is 3. The second-order valence-corrected chi connectivity index (χ2v) is 6.74. The Bertz CT molecular complexity index is 345. The van der Waals surface area contributed by atoms with Crippen molar-refractivity contribution in [2.75, 3.05) is 26.2 Å². The zero-order valence-corrected chi connectivity index (χ0v) is 13.6. The fourth-order valence-corrected chi connectivity index (χ4v) is 3.18. The molecule has 1 atom stereocenters. The molecule has 1 aliphatic carbocycles. The molecule has 2 fully saturated rings. The Labute approximate surface area is 128 Å². The molecule has 5 nitrogen and oxygen atoms in total. The van der Waals surface area contributed by atoms with Crippen molar-refractivity contribution in [2.45, 2.75) is 70.0 Å². The highest BCUT2D eigenvalue weighted by molar-refractivity contribution is 5.79. The average molecular weight is 297 g/mol. The fourth-order valence-electron chi connectivity index (χ4n) is 3.18. The summed E-state index contributed by atoms with van der Waals surface area (Å²) < 4.78 is 5.79. The highest BCUT2D eigenvalue weighted by Gasteiger charge is 2.31. The lowest BCUT2D eigenvalue weighted by molar-refractivity contribution is 0.0129. The molecule has 3 N–H and O–H groups in total. The Morgan fingerprint density at radius 3 is 2.52 bits per heavy atom. The van der Waals surface area contributed by atoms with Gasteiger partial charge < -0.3 is 20.5 Å². The smallest absolute Gasteiger partial charge is 0.191 e. The van der Waals surface area contributed by atoms with Crippen molar-refractivity contribution >= 4 is 5.96 Å². The van der Waals surface area contributed by atoms with Gasteiger partial charge >= 0.3 is 0 Å². The van der Waals surface area contributed by atoms with Crippen molar-refractivity contribution in [3.8, 4) is 0 Å². The molecule has 0 radical (unpaired) electrons. The largest absolute Gasteiger partial charge is 0.388 e. The molecule has 2 rings (SSSR count). The number of rotatable bonds is 5. The summed E-state index contributed by atoms with van der Waals surface area (Å²) in [6.07, 6.45) is 7.42. The topological polar surface area (TPSA) is 65.9 Å². The van der Waals surface area contributed by atoms with Crippen molar-refractivity contribution in [2.24, 2.45) is 4.99 Å². The summed E-state index contributed by atoms with van der Waals surface area (Å²) in [6, 6.07) is 0. The maximum absolute atomic E-state index is 10.5. The second kappa shape index (κ2) is 7.45. The number of nitrogens with one attached hydrogen (secondary N) is 2. The number of aliphatic imine (C=N–C) groups is 1. The van der Waals surface area contributed by atoms with Gasteiger partial charge in [0.15, 0.2) is 5.96 Å². The molecule has 0 amide bonds. The van der Waals surface area contributed by atoms with Crippen LogP contribution in [-0.4, -0.2) is 48.5 Å². The van der Waals surface area contributed by atoms with Gasteiger partial charge in [0.25, 0.3) is 0 Å². The summed E-state index contributed by atoms with van der Waals surface area (Å²) in [5.74, 6) is 0.785. The van der Waals surface area contributed by atoms with Crippen LogP contribution in [0.25, 0.3) is 0 Å².